The van der Waals surface area contributed by atoms with Gasteiger partial charge in [-0.2, -0.15) is 4.98 Å². The van der Waals surface area contributed by atoms with Crippen LogP contribution in [0.15, 0.2) is 70.1 Å². The van der Waals surface area contributed by atoms with E-state index in [0.29, 0.717) is 23.5 Å². The zero-order valence-corrected chi connectivity index (χ0v) is 21.6. The highest BCUT2D eigenvalue weighted by atomic mass is 32.2. The second kappa shape index (κ2) is 11.3. The molecule has 1 aliphatic carbocycles. The van der Waals surface area contributed by atoms with Crippen LogP contribution in [0.3, 0.4) is 0 Å². The third-order valence-corrected chi connectivity index (χ3v) is 9.46. The number of nitrogens with zero attached hydrogens (tertiary/aromatic N) is 2. The molecule has 6 heteroatoms. The molecule has 2 N–H and O–H groups in total. The van der Waals surface area contributed by atoms with Gasteiger partial charge in [-0.05, 0) is 42.4 Å². The van der Waals surface area contributed by atoms with Crippen LogP contribution in [0.1, 0.15) is 69.1 Å². The van der Waals surface area contributed by atoms with Gasteiger partial charge in [0.05, 0.1) is 18.3 Å². The van der Waals surface area contributed by atoms with Crippen molar-refractivity contribution in [3.8, 4) is 0 Å². The summed E-state index contributed by atoms with van der Waals surface area (Å²) in [4.78, 5) is 7.65. The number of rotatable bonds is 8. The van der Waals surface area contributed by atoms with E-state index in [1.807, 2.05) is 42.1 Å². The maximum atomic E-state index is 12.1. The first-order valence-corrected chi connectivity index (χ1v) is 14.2. The van der Waals surface area contributed by atoms with Crippen LogP contribution >= 0.6 is 11.8 Å². The SMILES string of the molecule is CCC1CC[NH+](Cc2nc(C(O)(c3ccccc3)C3CCCCC3)no2)CC1Sc1ccccc1. The van der Waals surface area contributed by atoms with Crippen LogP contribution in [0.4, 0.5) is 0 Å². The monoisotopic (exact) mass is 492 g/mol. The van der Waals surface area contributed by atoms with Crippen molar-refractivity contribution >= 4 is 11.8 Å². The summed E-state index contributed by atoms with van der Waals surface area (Å²) in [5.41, 5.74) is -0.325. The van der Waals surface area contributed by atoms with Crippen molar-refractivity contribution in [1.29, 1.82) is 0 Å². The number of aromatic nitrogens is 2. The fourth-order valence-electron chi connectivity index (χ4n) is 6.02. The van der Waals surface area contributed by atoms with Crippen LogP contribution in [0.25, 0.3) is 0 Å². The van der Waals surface area contributed by atoms with Crippen molar-refractivity contribution in [3.05, 3.63) is 77.9 Å². The number of aliphatic hydroxyl groups is 1. The number of quaternary nitrogens is 1. The van der Waals surface area contributed by atoms with Crippen LogP contribution in [0.2, 0.25) is 0 Å². The van der Waals surface area contributed by atoms with Gasteiger partial charge in [-0.1, -0.05) is 86.3 Å². The van der Waals surface area contributed by atoms with Crippen LogP contribution in [0.5, 0.6) is 0 Å². The molecule has 0 bridgehead atoms. The molecule has 1 saturated carbocycles. The molecule has 0 amide bonds. The van der Waals surface area contributed by atoms with E-state index >= 15 is 0 Å². The van der Waals surface area contributed by atoms with Gasteiger partial charge in [0.1, 0.15) is 0 Å². The zero-order chi connectivity index (χ0) is 24.1. The fourth-order valence-corrected chi connectivity index (χ4v) is 7.53. The Morgan fingerprint density at radius 2 is 1.71 bits per heavy atom. The third kappa shape index (κ3) is 5.50. The Morgan fingerprint density at radius 3 is 2.43 bits per heavy atom. The number of thioether (sulfide) groups is 1. The normalized spacial score (nSPS) is 25.3. The summed E-state index contributed by atoms with van der Waals surface area (Å²) < 4.78 is 5.78. The molecule has 2 aromatic carbocycles. The number of piperidine rings is 1. The van der Waals surface area contributed by atoms with Crippen molar-refractivity contribution in [2.45, 2.75) is 74.2 Å². The Labute approximate surface area is 213 Å². The first-order chi connectivity index (χ1) is 17.2. The van der Waals surface area contributed by atoms with Crippen LogP contribution in [-0.4, -0.2) is 33.6 Å². The zero-order valence-electron chi connectivity index (χ0n) is 20.7. The van der Waals surface area contributed by atoms with E-state index in [0.717, 1.165) is 50.3 Å². The lowest BCUT2D eigenvalue weighted by Crippen LogP contribution is -3.13. The molecule has 1 aliphatic heterocycles. The van der Waals surface area contributed by atoms with Crippen molar-refractivity contribution in [2.24, 2.45) is 11.8 Å². The van der Waals surface area contributed by atoms with E-state index in [1.165, 1.54) is 29.1 Å². The van der Waals surface area contributed by atoms with Gasteiger partial charge in [-0.25, -0.2) is 0 Å². The summed E-state index contributed by atoms with van der Waals surface area (Å²) >= 11 is 2.01. The van der Waals surface area contributed by atoms with E-state index in [1.54, 1.807) is 0 Å². The Morgan fingerprint density at radius 1 is 1.00 bits per heavy atom. The van der Waals surface area contributed by atoms with Gasteiger partial charge >= 0.3 is 0 Å². The summed E-state index contributed by atoms with van der Waals surface area (Å²) in [7, 11) is 0. The topological polar surface area (TPSA) is 63.6 Å². The number of benzene rings is 2. The molecule has 5 rings (SSSR count). The van der Waals surface area contributed by atoms with Gasteiger partial charge in [0.2, 0.25) is 5.82 Å². The van der Waals surface area contributed by atoms with E-state index < -0.39 is 5.60 Å². The highest BCUT2D eigenvalue weighted by molar-refractivity contribution is 8.00. The van der Waals surface area contributed by atoms with Gasteiger partial charge < -0.3 is 14.5 Å². The molecule has 3 aromatic rings. The van der Waals surface area contributed by atoms with Crippen LogP contribution < -0.4 is 4.90 Å². The van der Waals surface area contributed by atoms with E-state index in [2.05, 4.69) is 42.4 Å². The Bertz CT molecular complexity index is 1050. The van der Waals surface area contributed by atoms with Crippen molar-refractivity contribution in [1.82, 2.24) is 10.1 Å². The molecule has 4 atom stereocenters. The molecular formula is C29H38N3O2S+. The standard InChI is InChI=1S/C29H37N3O2S/c1-2-22-18-19-32(20-26(22)35-25-16-10-5-11-17-25)21-27-30-28(31-34-27)29(33,23-12-6-3-7-13-23)24-14-8-4-9-15-24/h3,5-7,10-13,16-17,22,24,26,33H,2,4,8-9,14-15,18-21H2,1H3/p+1. The van der Waals surface area contributed by atoms with E-state index in [-0.39, 0.29) is 5.92 Å². The summed E-state index contributed by atoms with van der Waals surface area (Å²) in [6.45, 7) is 5.23. The summed E-state index contributed by atoms with van der Waals surface area (Å²) in [6.07, 6.45) is 7.93. The van der Waals surface area contributed by atoms with Crippen LogP contribution in [-0.2, 0) is 12.1 Å². The van der Waals surface area contributed by atoms with Gasteiger partial charge in [0.25, 0.3) is 5.89 Å². The molecule has 1 aromatic heterocycles. The quantitative estimate of drug-likeness (QED) is 0.470. The van der Waals surface area contributed by atoms with Crippen molar-refractivity contribution in [2.75, 3.05) is 13.1 Å². The molecule has 5 nitrogen and oxygen atoms in total. The maximum Gasteiger partial charge on any atom is 0.281 e. The third-order valence-electron chi connectivity index (χ3n) is 8.06. The molecule has 35 heavy (non-hydrogen) atoms. The number of hydrogen-bond acceptors (Lipinski definition) is 5. The van der Waals surface area contributed by atoms with Crippen LogP contribution in [0, 0.1) is 11.8 Å². The molecule has 2 heterocycles. The van der Waals surface area contributed by atoms with Crippen molar-refractivity contribution in [3.63, 3.8) is 0 Å². The second-order valence-corrected chi connectivity index (χ2v) is 11.6. The predicted octanol–water partition coefficient (Wildman–Crippen LogP) is 4.86. The average Bonchev–Trinajstić information content (AvgIpc) is 3.39. The second-order valence-electron chi connectivity index (χ2n) is 10.3. The maximum absolute atomic E-state index is 12.1. The van der Waals surface area contributed by atoms with Gasteiger partial charge in [-0.3, -0.25) is 0 Å². The first-order valence-electron chi connectivity index (χ1n) is 13.3. The lowest BCUT2D eigenvalue weighted by atomic mass is 9.73. The summed E-state index contributed by atoms with van der Waals surface area (Å²) in [6, 6.07) is 20.7. The van der Waals surface area contributed by atoms with Gasteiger partial charge in [0, 0.05) is 11.3 Å². The molecule has 1 saturated heterocycles. The number of likely N-dealkylation sites (tertiary alicyclic amines) is 1. The number of nitrogens with one attached hydrogen (secondary N) is 1. The summed E-state index contributed by atoms with van der Waals surface area (Å²) in [5.74, 6) is 1.92. The average molecular weight is 493 g/mol. The Kier molecular flexibility index (Phi) is 7.91. The number of hydrogen-bond donors (Lipinski definition) is 2. The molecular weight excluding hydrogens is 454 g/mol. The molecule has 2 aliphatic rings. The minimum atomic E-state index is -1.19. The highest BCUT2D eigenvalue weighted by Crippen LogP contribution is 2.42. The largest absolute Gasteiger partial charge is 0.377 e. The Balaban J connectivity index is 1.32. The highest BCUT2D eigenvalue weighted by Gasteiger charge is 2.45. The Hall–Kier alpha value is -2.15. The minimum Gasteiger partial charge on any atom is -0.377 e. The molecule has 186 valence electrons. The van der Waals surface area contributed by atoms with Crippen molar-refractivity contribution < 1.29 is 14.5 Å². The lowest BCUT2D eigenvalue weighted by molar-refractivity contribution is -0.920. The predicted molar refractivity (Wildman–Crippen MR) is 139 cm³/mol. The summed E-state index contributed by atoms with van der Waals surface area (Å²) in [5, 5.41) is 17.0. The van der Waals surface area contributed by atoms with Gasteiger partial charge in [-0.15, -0.1) is 11.8 Å². The molecule has 2 fully saturated rings. The molecule has 0 spiro atoms. The smallest absolute Gasteiger partial charge is 0.281 e. The first kappa shape index (κ1) is 24.5. The van der Waals surface area contributed by atoms with E-state index in [9.17, 15) is 5.11 Å². The molecule has 0 radical (unpaired) electrons. The van der Waals surface area contributed by atoms with E-state index in [4.69, 9.17) is 9.51 Å². The lowest BCUT2D eigenvalue weighted by Gasteiger charge is -2.36. The fraction of sp³-hybridized carbons (Fsp3) is 0.517. The minimum absolute atomic E-state index is 0.114. The van der Waals surface area contributed by atoms with Gasteiger partial charge in [0.15, 0.2) is 12.1 Å². The molecule has 4 unspecified atom stereocenters.